The standard InChI is InChI=1S/C15H40O2Si5/c1-11-18(16-20(4,5)6)14-22(10,13-3)15-19(12-2)17-21(7,8)9/h11-15H2,1-10H3. The predicted molar refractivity (Wildman–Crippen MR) is 113 cm³/mol. The van der Waals surface area contributed by atoms with Crippen LogP contribution in [0, 0.1) is 0 Å². The molecule has 132 valence electrons. The largest absolute Gasteiger partial charge is 0.456 e. The Bertz CT molecular complexity index is 286. The topological polar surface area (TPSA) is 18.5 Å². The molecule has 0 aliphatic carbocycles. The zero-order valence-corrected chi connectivity index (χ0v) is 21.9. The molecule has 0 amide bonds. The van der Waals surface area contributed by atoms with Gasteiger partial charge < -0.3 is 8.23 Å². The van der Waals surface area contributed by atoms with Gasteiger partial charge in [-0.3, -0.25) is 0 Å². The van der Waals surface area contributed by atoms with Crippen molar-refractivity contribution in [1.82, 2.24) is 0 Å². The highest BCUT2D eigenvalue weighted by molar-refractivity contribution is 6.96. The molecule has 0 saturated carbocycles. The molecule has 7 heteroatoms. The van der Waals surface area contributed by atoms with Gasteiger partial charge in [-0.15, -0.1) is 0 Å². The molecule has 2 radical (unpaired) electrons. The van der Waals surface area contributed by atoms with Gasteiger partial charge in [-0.25, -0.2) is 0 Å². The van der Waals surface area contributed by atoms with Crippen LogP contribution in [0.15, 0.2) is 0 Å². The number of rotatable bonds is 11. The lowest BCUT2D eigenvalue weighted by atomic mass is 11.0. The van der Waals surface area contributed by atoms with Crippen molar-refractivity contribution in [3.05, 3.63) is 0 Å². The van der Waals surface area contributed by atoms with Gasteiger partial charge in [0.1, 0.15) is 0 Å². The summed E-state index contributed by atoms with van der Waals surface area (Å²) in [6, 6.07) is 3.92. The summed E-state index contributed by atoms with van der Waals surface area (Å²) in [6.07, 6.45) is 0. The third-order valence-electron chi connectivity index (χ3n) is 3.79. The Morgan fingerprint density at radius 1 is 0.636 bits per heavy atom. The Morgan fingerprint density at radius 3 is 1.14 bits per heavy atom. The SMILES string of the molecule is CC[Si](C[Si](C)(CC)C[Si](CC)O[Si](C)(C)C)O[Si](C)(C)C. The molecule has 0 aromatic heterocycles. The Labute approximate surface area is 147 Å². The van der Waals surface area contributed by atoms with E-state index in [0.717, 1.165) is 0 Å². The van der Waals surface area contributed by atoms with E-state index in [1.54, 1.807) is 0 Å². The van der Waals surface area contributed by atoms with Crippen LogP contribution in [-0.4, -0.2) is 42.8 Å². The molecule has 22 heavy (non-hydrogen) atoms. The molecule has 0 N–H and O–H groups in total. The predicted octanol–water partition coefficient (Wildman–Crippen LogP) is 5.89. The number of hydrogen-bond donors (Lipinski definition) is 0. The van der Waals surface area contributed by atoms with Crippen LogP contribution < -0.4 is 0 Å². The van der Waals surface area contributed by atoms with Gasteiger partial charge in [0.2, 0.25) is 0 Å². The molecule has 0 heterocycles. The summed E-state index contributed by atoms with van der Waals surface area (Å²) in [5.74, 6) is 0. The fourth-order valence-electron chi connectivity index (χ4n) is 2.60. The smallest absolute Gasteiger partial charge is 0.194 e. The summed E-state index contributed by atoms with van der Waals surface area (Å²) in [7, 11) is -5.21. The quantitative estimate of drug-likeness (QED) is 0.408. The van der Waals surface area contributed by atoms with Crippen LogP contribution in [0.25, 0.3) is 0 Å². The van der Waals surface area contributed by atoms with Crippen molar-refractivity contribution < 1.29 is 8.23 Å². The first-order chi connectivity index (χ1) is 9.84. The molecule has 0 atom stereocenters. The van der Waals surface area contributed by atoms with Crippen LogP contribution in [0.2, 0.25) is 75.3 Å². The second kappa shape index (κ2) is 9.48. The van der Waals surface area contributed by atoms with Gasteiger partial charge in [0.15, 0.2) is 34.7 Å². The highest BCUT2D eigenvalue weighted by Gasteiger charge is 2.36. The monoisotopic (exact) mass is 392 g/mol. The van der Waals surface area contributed by atoms with Crippen molar-refractivity contribution >= 4 is 42.8 Å². The van der Waals surface area contributed by atoms with Crippen LogP contribution in [0.5, 0.6) is 0 Å². The third kappa shape index (κ3) is 10.7. The van der Waals surface area contributed by atoms with E-state index in [0.29, 0.717) is 0 Å². The lowest BCUT2D eigenvalue weighted by molar-refractivity contribution is 0.569. The van der Waals surface area contributed by atoms with E-state index < -0.39 is 42.8 Å². The molecule has 0 spiro atoms. The fourth-order valence-corrected chi connectivity index (χ4v) is 25.8. The van der Waals surface area contributed by atoms with Gasteiger partial charge in [0.05, 0.1) is 0 Å². The Morgan fingerprint density at radius 2 is 0.955 bits per heavy atom. The maximum Gasteiger partial charge on any atom is 0.194 e. The summed E-state index contributed by atoms with van der Waals surface area (Å²) in [5.41, 5.74) is 2.86. The molecule has 0 aliphatic rings. The maximum atomic E-state index is 6.56. The average Bonchev–Trinajstić information content (AvgIpc) is 2.33. The molecule has 0 aromatic carbocycles. The van der Waals surface area contributed by atoms with E-state index in [2.05, 4.69) is 66.6 Å². The molecular formula is C15H40O2Si5. The fraction of sp³-hybridized carbons (Fsp3) is 1.00. The van der Waals surface area contributed by atoms with Gasteiger partial charge in [0, 0.05) is 8.07 Å². The molecule has 0 fully saturated rings. The van der Waals surface area contributed by atoms with Crippen LogP contribution in [-0.2, 0) is 8.23 Å². The van der Waals surface area contributed by atoms with E-state index in [9.17, 15) is 0 Å². The summed E-state index contributed by atoms with van der Waals surface area (Å²) in [5, 5.41) is 0. The molecule has 0 aromatic rings. The van der Waals surface area contributed by atoms with Gasteiger partial charge in [-0.05, 0) is 62.7 Å². The summed E-state index contributed by atoms with van der Waals surface area (Å²) in [6.45, 7) is 23.8. The van der Waals surface area contributed by atoms with Gasteiger partial charge in [-0.1, -0.05) is 33.4 Å². The summed E-state index contributed by atoms with van der Waals surface area (Å²) < 4.78 is 13.1. The number of hydrogen-bond acceptors (Lipinski definition) is 2. The van der Waals surface area contributed by atoms with Crippen LogP contribution in [0.3, 0.4) is 0 Å². The summed E-state index contributed by atoms with van der Waals surface area (Å²) >= 11 is 0. The lowest BCUT2D eigenvalue weighted by Crippen LogP contribution is -2.46. The van der Waals surface area contributed by atoms with Crippen molar-refractivity contribution in [2.24, 2.45) is 0 Å². The molecule has 0 rings (SSSR count). The zero-order chi connectivity index (χ0) is 17.6. The van der Waals surface area contributed by atoms with Gasteiger partial charge in [-0.2, -0.15) is 0 Å². The summed E-state index contributed by atoms with van der Waals surface area (Å²) in [4.78, 5) is 0. The molecule has 2 nitrogen and oxygen atoms in total. The lowest BCUT2D eigenvalue weighted by Gasteiger charge is -2.35. The van der Waals surface area contributed by atoms with Crippen LogP contribution in [0.1, 0.15) is 20.8 Å². The molecular weight excluding hydrogens is 353 g/mol. The minimum atomic E-state index is -1.39. The molecule has 0 aliphatic heterocycles. The first-order valence-electron chi connectivity index (χ1n) is 8.91. The van der Waals surface area contributed by atoms with Crippen molar-refractivity contribution in [2.45, 2.75) is 96.1 Å². The molecule has 0 unspecified atom stereocenters. The van der Waals surface area contributed by atoms with Gasteiger partial charge in [0.25, 0.3) is 0 Å². The highest BCUT2D eigenvalue weighted by Crippen LogP contribution is 2.28. The molecule has 0 saturated heterocycles. The van der Waals surface area contributed by atoms with Crippen molar-refractivity contribution in [3.8, 4) is 0 Å². The Balaban J connectivity index is 4.86. The second-order valence-corrected chi connectivity index (χ2v) is 29.5. The zero-order valence-electron chi connectivity index (χ0n) is 16.9. The third-order valence-corrected chi connectivity index (χ3v) is 24.3. The van der Waals surface area contributed by atoms with E-state index in [-0.39, 0.29) is 0 Å². The maximum absolute atomic E-state index is 6.56. The van der Waals surface area contributed by atoms with Crippen LogP contribution >= 0.6 is 0 Å². The van der Waals surface area contributed by atoms with Crippen LogP contribution in [0.4, 0.5) is 0 Å². The normalized spacial score (nSPS) is 14.2. The minimum Gasteiger partial charge on any atom is -0.456 e. The van der Waals surface area contributed by atoms with Gasteiger partial charge >= 0.3 is 0 Å². The van der Waals surface area contributed by atoms with E-state index in [4.69, 9.17) is 8.23 Å². The molecule has 0 bridgehead atoms. The minimum absolute atomic E-state index is 0.611. The first kappa shape index (κ1) is 23.0. The van der Waals surface area contributed by atoms with E-state index >= 15 is 0 Å². The van der Waals surface area contributed by atoms with Crippen molar-refractivity contribution in [1.29, 1.82) is 0 Å². The Hall–Kier alpha value is 1.00. The van der Waals surface area contributed by atoms with E-state index in [1.807, 2.05) is 0 Å². The first-order valence-corrected chi connectivity index (χ1v) is 22.5. The average molecular weight is 393 g/mol. The van der Waals surface area contributed by atoms with Crippen molar-refractivity contribution in [3.63, 3.8) is 0 Å². The Kier molecular flexibility index (Phi) is 9.91. The highest BCUT2D eigenvalue weighted by atomic mass is 28.4. The second-order valence-electron chi connectivity index (χ2n) is 8.73. The van der Waals surface area contributed by atoms with E-state index in [1.165, 1.54) is 29.5 Å². The van der Waals surface area contributed by atoms with Crippen molar-refractivity contribution in [2.75, 3.05) is 0 Å².